The maximum absolute atomic E-state index is 12.8. The van der Waals surface area contributed by atoms with Crippen molar-refractivity contribution in [2.45, 2.75) is 19.4 Å². The van der Waals surface area contributed by atoms with Crippen LogP contribution in [0.3, 0.4) is 0 Å². The predicted octanol–water partition coefficient (Wildman–Crippen LogP) is 3.47. The first-order valence-corrected chi connectivity index (χ1v) is 8.11. The van der Waals surface area contributed by atoms with E-state index in [0.29, 0.717) is 11.5 Å². The number of rotatable bonds is 7. The van der Waals surface area contributed by atoms with Crippen LogP contribution < -0.4 is 14.2 Å². The van der Waals surface area contributed by atoms with Crippen molar-refractivity contribution < 1.29 is 19.0 Å². The smallest absolute Gasteiger partial charge is 0.227 e. The highest BCUT2D eigenvalue weighted by molar-refractivity contribution is 5.80. The van der Waals surface area contributed by atoms with E-state index in [9.17, 15) is 4.79 Å². The summed E-state index contributed by atoms with van der Waals surface area (Å²) < 4.78 is 16.0. The number of carbonyl (C=O) groups excluding carboxylic acids is 1. The lowest BCUT2D eigenvalue weighted by molar-refractivity contribution is -0.131. The van der Waals surface area contributed by atoms with E-state index in [4.69, 9.17) is 14.2 Å². The van der Waals surface area contributed by atoms with E-state index in [1.807, 2.05) is 49.4 Å². The van der Waals surface area contributed by atoms with E-state index in [0.717, 1.165) is 16.9 Å². The third kappa shape index (κ3) is 4.24. The molecule has 0 N–H and O–H groups in total. The summed E-state index contributed by atoms with van der Waals surface area (Å²) in [5.74, 6) is 2.13. The molecular formula is C20H25NO4. The molecule has 0 bridgehead atoms. The monoisotopic (exact) mass is 343 g/mol. The van der Waals surface area contributed by atoms with Gasteiger partial charge in [0.05, 0.1) is 33.8 Å². The van der Waals surface area contributed by atoms with Crippen molar-refractivity contribution in [2.24, 2.45) is 0 Å². The Morgan fingerprint density at radius 1 is 1.00 bits per heavy atom. The SMILES string of the molecule is COc1ccc(OC)c(CC(=O)N(C)C(C)c2ccccc2OC)c1. The van der Waals surface area contributed by atoms with Crippen molar-refractivity contribution in [2.75, 3.05) is 28.4 Å². The van der Waals surface area contributed by atoms with Gasteiger partial charge in [0.25, 0.3) is 0 Å². The van der Waals surface area contributed by atoms with Crippen molar-refractivity contribution in [3.05, 3.63) is 53.6 Å². The molecule has 5 nitrogen and oxygen atoms in total. The van der Waals surface area contributed by atoms with E-state index in [1.54, 1.807) is 33.3 Å². The molecule has 0 saturated heterocycles. The third-order valence-corrected chi connectivity index (χ3v) is 4.39. The van der Waals surface area contributed by atoms with Crippen LogP contribution in [0.15, 0.2) is 42.5 Å². The number of para-hydroxylation sites is 1. The Kier molecular flexibility index (Phi) is 6.28. The van der Waals surface area contributed by atoms with Gasteiger partial charge in [-0.25, -0.2) is 0 Å². The summed E-state index contributed by atoms with van der Waals surface area (Å²) in [5.41, 5.74) is 1.77. The molecule has 1 unspecified atom stereocenters. The molecule has 1 amide bonds. The number of methoxy groups -OCH3 is 3. The number of nitrogens with zero attached hydrogens (tertiary/aromatic N) is 1. The molecule has 0 saturated carbocycles. The van der Waals surface area contributed by atoms with Crippen molar-refractivity contribution in [1.82, 2.24) is 4.90 Å². The fourth-order valence-electron chi connectivity index (χ4n) is 2.74. The standard InChI is InChI=1S/C20H25NO4/c1-14(17-8-6-7-9-19(17)25-5)21(2)20(22)13-15-12-16(23-3)10-11-18(15)24-4/h6-12,14H,13H2,1-5H3. The van der Waals surface area contributed by atoms with Gasteiger partial charge in [0.1, 0.15) is 17.2 Å². The summed E-state index contributed by atoms with van der Waals surface area (Å²) in [6.45, 7) is 1.98. The molecule has 134 valence electrons. The number of amides is 1. The largest absolute Gasteiger partial charge is 0.497 e. The van der Waals surface area contributed by atoms with Gasteiger partial charge in [-0.3, -0.25) is 4.79 Å². The second-order valence-electron chi connectivity index (χ2n) is 5.78. The van der Waals surface area contributed by atoms with Crippen LogP contribution in [0.2, 0.25) is 0 Å². The van der Waals surface area contributed by atoms with E-state index in [-0.39, 0.29) is 18.4 Å². The van der Waals surface area contributed by atoms with Gasteiger partial charge in [0, 0.05) is 18.2 Å². The summed E-state index contributed by atoms with van der Waals surface area (Å²) in [6.07, 6.45) is 0.233. The lowest BCUT2D eigenvalue weighted by atomic mass is 10.0. The first-order chi connectivity index (χ1) is 12.0. The molecule has 0 aliphatic carbocycles. The minimum Gasteiger partial charge on any atom is -0.497 e. The highest BCUT2D eigenvalue weighted by atomic mass is 16.5. The number of benzene rings is 2. The summed E-state index contributed by atoms with van der Waals surface area (Å²) in [6, 6.07) is 13.1. The number of likely N-dealkylation sites (N-methyl/N-ethyl adjacent to an activating group) is 1. The average molecular weight is 343 g/mol. The Bertz CT molecular complexity index is 729. The lowest BCUT2D eigenvalue weighted by Crippen LogP contribution is -2.31. The van der Waals surface area contributed by atoms with Crippen molar-refractivity contribution >= 4 is 5.91 Å². The quantitative estimate of drug-likeness (QED) is 0.772. The minimum absolute atomic E-state index is 0.00930. The van der Waals surface area contributed by atoms with Gasteiger partial charge in [-0.15, -0.1) is 0 Å². The molecule has 2 aromatic carbocycles. The van der Waals surface area contributed by atoms with Crippen LogP contribution in [-0.2, 0) is 11.2 Å². The van der Waals surface area contributed by atoms with Gasteiger partial charge in [-0.05, 0) is 31.2 Å². The molecule has 0 radical (unpaired) electrons. The molecule has 0 spiro atoms. The predicted molar refractivity (Wildman–Crippen MR) is 97.4 cm³/mol. The molecule has 0 aromatic heterocycles. The van der Waals surface area contributed by atoms with Gasteiger partial charge >= 0.3 is 0 Å². The van der Waals surface area contributed by atoms with Crippen LogP contribution in [0.25, 0.3) is 0 Å². The average Bonchev–Trinajstić information content (AvgIpc) is 2.66. The first-order valence-electron chi connectivity index (χ1n) is 8.11. The van der Waals surface area contributed by atoms with Crippen molar-refractivity contribution in [1.29, 1.82) is 0 Å². The molecule has 2 rings (SSSR count). The molecule has 0 heterocycles. The topological polar surface area (TPSA) is 48.0 Å². The van der Waals surface area contributed by atoms with Gasteiger partial charge in [-0.2, -0.15) is 0 Å². The van der Waals surface area contributed by atoms with Crippen LogP contribution >= 0.6 is 0 Å². The molecule has 0 aliphatic rings. The van der Waals surface area contributed by atoms with E-state index < -0.39 is 0 Å². The highest BCUT2D eigenvalue weighted by Crippen LogP contribution is 2.30. The second-order valence-corrected chi connectivity index (χ2v) is 5.78. The second kappa shape index (κ2) is 8.42. The number of carbonyl (C=O) groups is 1. The van der Waals surface area contributed by atoms with Gasteiger partial charge in [0.15, 0.2) is 0 Å². The number of hydrogen-bond donors (Lipinski definition) is 0. The van der Waals surface area contributed by atoms with Gasteiger partial charge in [0.2, 0.25) is 5.91 Å². The Labute approximate surface area is 149 Å². The molecule has 25 heavy (non-hydrogen) atoms. The molecule has 2 aromatic rings. The Morgan fingerprint density at radius 3 is 2.32 bits per heavy atom. The first kappa shape index (κ1) is 18.6. The Balaban J connectivity index is 2.20. The summed E-state index contributed by atoms with van der Waals surface area (Å²) in [4.78, 5) is 14.5. The van der Waals surface area contributed by atoms with Crippen LogP contribution in [0.1, 0.15) is 24.1 Å². The molecule has 0 fully saturated rings. The normalized spacial score (nSPS) is 11.6. The molecule has 1 atom stereocenters. The summed E-state index contributed by atoms with van der Waals surface area (Å²) >= 11 is 0. The van der Waals surface area contributed by atoms with Crippen molar-refractivity contribution in [3.8, 4) is 17.2 Å². The summed E-state index contributed by atoms with van der Waals surface area (Å²) in [5, 5.41) is 0. The zero-order chi connectivity index (χ0) is 18.4. The maximum Gasteiger partial charge on any atom is 0.227 e. The zero-order valence-electron chi connectivity index (χ0n) is 15.4. The fourth-order valence-corrected chi connectivity index (χ4v) is 2.74. The minimum atomic E-state index is -0.111. The third-order valence-electron chi connectivity index (χ3n) is 4.39. The Hall–Kier alpha value is -2.69. The lowest BCUT2D eigenvalue weighted by Gasteiger charge is -2.27. The van der Waals surface area contributed by atoms with Crippen LogP contribution in [-0.4, -0.2) is 39.2 Å². The maximum atomic E-state index is 12.8. The highest BCUT2D eigenvalue weighted by Gasteiger charge is 2.21. The van der Waals surface area contributed by atoms with Crippen LogP contribution in [0.5, 0.6) is 17.2 Å². The number of ether oxygens (including phenoxy) is 3. The molecule has 0 aliphatic heterocycles. The number of hydrogen-bond acceptors (Lipinski definition) is 4. The fraction of sp³-hybridized carbons (Fsp3) is 0.350. The van der Waals surface area contributed by atoms with Gasteiger partial charge in [-0.1, -0.05) is 18.2 Å². The van der Waals surface area contributed by atoms with Crippen LogP contribution in [0.4, 0.5) is 0 Å². The Morgan fingerprint density at radius 2 is 1.68 bits per heavy atom. The van der Waals surface area contributed by atoms with Gasteiger partial charge < -0.3 is 19.1 Å². The molecular weight excluding hydrogens is 318 g/mol. The molecule has 5 heteroatoms. The zero-order valence-corrected chi connectivity index (χ0v) is 15.4. The van der Waals surface area contributed by atoms with Crippen molar-refractivity contribution in [3.63, 3.8) is 0 Å². The van der Waals surface area contributed by atoms with E-state index in [1.165, 1.54) is 0 Å². The van der Waals surface area contributed by atoms with E-state index in [2.05, 4.69) is 0 Å². The van der Waals surface area contributed by atoms with E-state index >= 15 is 0 Å². The van der Waals surface area contributed by atoms with Crippen LogP contribution in [0, 0.1) is 0 Å². The summed E-state index contributed by atoms with van der Waals surface area (Å²) in [7, 11) is 6.63.